The molecule has 7 nitrogen and oxygen atoms in total. The number of anilines is 3. The zero-order valence-electron chi connectivity index (χ0n) is 10.1. The molecule has 0 saturated heterocycles. The van der Waals surface area contributed by atoms with E-state index in [9.17, 15) is 8.42 Å². The molecule has 20 heavy (non-hydrogen) atoms. The van der Waals surface area contributed by atoms with Gasteiger partial charge in [0.25, 0.3) is 0 Å². The number of hydrogen-bond donors (Lipinski definition) is 2. The van der Waals surface area contributed by atoms with Crippen LogP contribution in [0.1, 0.15) is 0 Å². The molecule has 0 aliphatic carbocycles. The number of aromatic nitrogens is 3. The second-order valence-electron chi connectivity index (χ2n) is 3.78. The molecule has 0 radical (unpaired) electrons. The number of rotatable bonds is 4. The first-order valence-corrected chi connectivity index (χ1v) is 7.88. The summed E-state index contributed by atoms with van der Waals surface area (Å²) in [4.78, 5) is 11.3. The first-order valence-electron chi connectivity index (χ1n) is 5.24. The second kappa shape index (κ2) is 5.78. The van der Waals surface area contributed by atoms with Crippen molar-refractivity contribution in [3.05, 3.63) is 34.8 Å². The van der Waals surface area contributed by atoms with E-state index in [2.05, 4.69) is 25.0 Å². The average Bonchev–Trinajstić information content (AvgIpc) is 2.25. The maximum Gasteiger partial charge on any atom is 0.232 e. The van der Waals surface area contributed by atoms with E-state index in [1.165, 1.54) is 0 Å². The Morgan fingerprint density at radius 3 is 2.25 bits per heavy atom. The van der Waals surface area contributed by atoms with E-state index in [0.29, 0.717) is 11.4 Å². The van der Waals surface area contributed by atoms with Gasteiger partial charge in [-0.3, -0.25) is 4.72 Å². The molecule has 1 aromatic heterocycles. The summed E-state index contributed by atoms with van der Waals surface area (Å²) in [5, 5.41) is 2.76. The quantitative estimate of drug-likeness (QED) is 0.890. The van der Waals surface area contributed by atoms with Crippen LogP contribution in [0, 0.1) is 0 Å². The summed E-state index contributed by atoms with van der Waals surface area (Å²) in [6, 6.07) is 6.56. The second-order valence-corrected chi connectivity index (χ2v) is 6.20. The van der Waals surface area contributed by atoms with Gasteiger partial charge in [0.15, 0.2) is 0 Å². The van der Waals surface area contributed by atoms with Crippen molar-refractivity contribution >= 4 is 50.5 Å². The third kappa shape index (κ3) is 4.48. The Bertz CT molecular complexity index is 718. The lowest BCUT2D eigenvalue weighted by Gasteiger charge is -2.08. The molecule has 0 unspecified atom stereocenters. The number of hydrogen-bond acceptors (Lipinski definition) is 6. The van der Waals surface area contributed by atoms with Crippen molar-refractivity contribution in [1.29, 1.82) is 0 Å². The van der Waals surface area contributed by atoms with Gasteiger partial charge in [-0.15, -0.1) is 0 Å². The standard InChI is InChI=1S/C10H9Cl2N5O2S/c1-20(18,19)17-7-4-2-3-6(5-7)13-10-15-8(11)14-9(12)16-10/h2-5,17H,1H3,(H,13,14,15,16). The monoisotopic (exact) mass is 333 g/mol. The van der Waals surface area contributed by atoms with E-state index in [1.54, 1.807) is 24.3 Å². The van der Waals surface area contributed by atoms with Gasteiger partial charge in [0.1, 0.15) is 0 Å². The van der Waals surface area contributed by atoms with Crippen LogP contribution in [0.2, 0.25) is 10.6 Å². The van der Waals surface area contributed by atoms with Gasteiger partial charge in [-0.25, -0.2) is 8.42 Å². The van der Waals surface area contributed by atoms with Crippen LogP contribution in [0.4, 0.5) is 17.3 Å². The summed E-state index contributed by atoms with van der Waals surface area (Å²) in [6.07, 6.45) is 1.07. The van der Waals surface area contributed by atoms with E-state index >= 15 is 0 Å². The van der Waals surface area contributed by atoms with Crippen molar-refractivity contribution in [3.8, 4) is 0 Å². The van der Waals surface area contributed by atoms with Gasteiger partial charge >= 0.3 is 0 Å². The van der Waals surface area contributed by atoms with Gasteiger partial charge in [-0.1, -0.05) is 6.07 Å². The molecule has 2 N–H and O–H groups in total. The smallest absolute Gasteiger partial charge is 0.232 e. The van der Waals surface area contributed by atoms with Crippen LogP contribution in [0.3, 0.4) is 0 Å². The van der Waals surface area contributed by atoms with Crippen molar-refractivity contribution in [2.24, 2.45) is 0 Å². The third-order valence-electron chi connectivity index (χ3n) is 2.00. The highest BCUT2D eigenvalue weighted by molar-refractivity contribution is 7.92. The van der Waals surface area contributed by atoms with Gasteiger partial charge in [0, 0.05) is 5.69 Å². The summed E-state index contributed by atoms with van der Waals surface area (Å²) >= 11 is 11.3. The maximum atomic E-state index is 11.2. The molecular formula is C10H9Cl2N5O2S. The van der Waals surface area contributed by atoms with Gasteiger partial charge in [0.2, 0.25) is 26.5 Å². The lowest BCUT2D eigenvalue weighted by molar-refractivity contribution is 0.607. The topological polar surface area (TPSA) is 96.9 Å². The zero-order chi connectivity index (χ0) is 14.8. The molecule has 10 heteroatoms. The van der Waals surface area contributed by atoms with Crippen molar-refractivity contribution in [2.45, 2.75) is 0 Å². The van der Waals surface area contributed by atoms with Gasteiger partial charge < -0.3 is 5.32 Å². The maximum absolute atomic E-state index is 11.2. The van der Waals surface area contributed by atoms with E-state index in [4.69, 9.17) is 23.2 Å². The largest absolute Gasteiger partial charge is 0.324 e. The molecule has 2 aromatic rings. The Balaban J connectivity index is 2.23. The highest BCUT2D eigenvalue weighted by Crippen LogP contribution is 2.20. The van der Waals surface area contributed by atoms with Crippen molar-refractivity contribution in [3.63, 3.8) is 0 Å². The fourth-order valence-electron chi connectivity index (χ4n) is 1.39. The highest BCUT2D eigenvalue weighted by Gasteiger charge is 2.06. The van der Waals surface area contributed by atoms with Crippen LogP contribution in [0.25, 0.3) is 0 Å². The van der Waals surface area contributed by atoms with E-state index in [0.717, 1.165) is 6.26 Å². The van der Waals surface area contributed by atoms with Crippen LogP contribution in [0.5, 0.6) is 0 Å². The minimum Gasteiger partial charge on any atom is -0.324 e. The lowest BCUT2D eigenvalue weighted by Crippen LogP contribution is -2.09. The molecule has 0 aliphatic rings. The molecule has 1 heterocycles. The van der Waals surface area contributed by atoms with Crippen LogP contribution in [-0.4, -0.2) is 29.6 Å². The van der Waals surface area contributed by atoms with Gasteiger partial charge in [-0.2, -0.15) is 15.0 Å². The van der Waals surface area contributed by atoms with Crippen LogP contribution >= 0.6 is 23.2 Å². The summed E-state index contributed by atoms with van der Waals surface area (Å²) in [5.41, 5.74) is 0.973. The van der Waals surface area contributed by atoms with Crippen LogP contribution in [0.15, 0.2) is 24.3 Å². The molecular weight excluding hydrogens is 325 g/mol. The number of sulfonamides is 1. The average molecular weight is 334 g/mol. The van der Waals surface area contributed by atoms with Crippen molar-refractivity contribution < 1.29 is 8.42 Å². The lowest BCUT2D eigenvalue weighted by atomic mass is 10.3. The Morgan fingerprint density at radius 2 is 1.65 bits per heavy atom. The Morgan fingerprint density at radius 1 is 1.05 bits per heavy atom. The minimum absolute atomic E-state index is 0.0436. The summed E-state index contributed by atoms with van der Waals surface area (Å²) in [6.45, 7) is 0. The molecule has 106 valence electrons. The number of nitrogens with zero attached hydrogens (tertiary/aromatic N) is 3. The van der Waals surface area contributed by atoms with Crippen molar-refractivity contribution in [1.82, 2.24) is 15.0 Å². The zero-order valence-corrected chi connectivity index (χ0v) is 12.5. The molecule has 0 spiro atoms. The fourth-order valence-corrected chi connectivity index (χ4v) is 2.30. The molecule has 2 rings (SSSR count). The molecule has 0 saturated carbocycles. The Labute approximate surface area is 125 Å². The predicted molar refractivity (Wildman–Crippen MR) is 78.0 cm³/mol. The summed E-state index contributed by atoms with van der Waals surface area (Å²) < 4.78 is 24.7. The molecule has 0 atom stereocenters. The van der Waals surface area contributed by atoms with E-state index in [1.807, 2.05) is 0 Å². The highest BCUT2D eigenvalue weighted by atomic mass is 35.5. The Hall–Kier alpha value is -1.64. The number of nitrogens with one attached hydrogen (secondary N) is 2. The molecule has 0 aliphatic heterocycles. The van der Waals surface area contributed by atoms with Gasteiger partial charge in [0.05, 0.1) is 11.9 Å². The first-order chi connectivity index (χ1) is 9.32. The Kier molecular flexibility index (Phi) is 4.26. The van der Waals surface area contributed by atoms with Gasteiger partial charge in [-0.05, 0) is 41.4 Å². The van der Waals surface area contributed by atoms with Crippen molar-refractivity contribution in [2.75, 3.05) is 16.3 Å². The van der Waals surface area contributed by atoms with Crippen LogP contribution < -0.4 is 10.0 Å². The minimum atomic E-state index is -3.34. The van der Waals surface area contributed by atoms with Crippen LogP contribution in [-0.2, 0) is 10.0 Å². The molecule has 1 aromatic carbocycles. The number of benzene rings is 1. The van der Waals surface area contributed by atoms with E-state index in [-0.39, 0.29) is 16.5 Å². The normalized spacial score (nSPS) is 11.2. The summed E-state index contributed by atoms with van der Waals surface area (Å²) in [7, 11) is -3.34. The number of halogens is 2. The predicted octanol–water partition coefficient (Wildman–Crippen LogP) is 2.29. The molecule has 0 amide bonds. The fraction of sp³-hybridized carbons (Fsp3) is 0.100. The first kappa shape index (κ1) is 14.8. The van der Waals surface area contributed by atoms with E-state index < -0.39 is 10.0 Å². The third-order valence-corrected chi connectivity index (χ3v) is 2.95. The summed E-state index contributed by atoms with van der Waals surface area (Å²) in [5.74, 6) is 0.159. The molecule has 0 fully saturated rings. The SMILES string of the molecule is CS(=O)(=O)Nc1cccc(Nc2nc(Cl)nc(Cl)n2)c1. The molecule has 0 bridgehead atoms.